The van der Waals surface area contributed by atoms with E-state index in [1.165, 1.54) is 64.2 Å². The molecule has 3 rings (SSSR count). The average molecular weight is 333 g/mol. The number of nitrogens with zero attached hydrogens (tertiary/aromatic N) is 2. The third kappa shape index (κ3) is 4.99. The normalized spacial score (nSPS) is 20.2. The lowest BCUT2D eigenvalue weighted by molar-refractivity contribution is -0.136. The Morgan fingerprint density at radius 2 is 1.58 bits per heavy atom. The Labute approximate surface area is 144 Å². The number of anilines is 1. The Balaban J connectivity index is 1.67. The van der Waals surface area contributed by atoms with Crippen LogP contribution >= 0.6 is 0 Å². The molecule has 2 aliphatic rings. The zero-order valence-corrected chi connectivity index (χ0v) is 14.7. The van der Waals surface area contributed by atoms with Crippen LogP contribution in [0.25, 0.3) is 0 Å². The number of hydrogen-bond donors (Lipinski definition) is 2. The molecule has 0 unspecified atom stereocenters. The summed E-state index contributed by atoms with van der Waals surface area (Å²) in [4.78, 5) is 13.4. The zero-order valence-electron chi connectivity index (χ0n) is 14.7. The summed E-state index contributed by atoms with van der Waals surface area (Å²) in [5.74, 6) is 1.67. The first-order valence-electron chi connectivity index (χ1n) is 9.71. The minimum absolute atomic E-state index is 0.0215. The standard InChI is InChI=1S/C19H31N3O2/c23-19(24)12-17-11-18(21-20-17)22(13-15-7-3-1-4-8-15)14-16-9-5-2-6-10-16/h11,15-16H,1-10,12-14H2,(H,20,21)(H,23,24). The van der Waals surface area contributed by atoms with Gasteiger partial charge in [0.2, 0.25) is 0 Å². The van der Waals surface area contributed by atoms with Gasteiger partial charge >= 0.3 is 5.97 Å². The zero-order chi connectivity index (χ0) is 16.8. The number of aromatic nitrogens is 2. The smallest absolute Gasteiger partial charge is 0.309 e. The summed E-state index contributed by atoms with van der Waals surface area (Å²) < 4.78 is 0. The molecule has 2 saturated carbocycles. The number of carboxylic acids is 1. The van der Waals surface area contributed by atoms with E-state index < -0.39 is 5.97 Å². The monoisotopic (exact) mass is 333 g/mol. The summed E-state index contributed by atoms with van der Waals surface area (Å²) in [6, 6.07) is 1.94. The van der Waals surface area contributed by atoms with Crippen LogP contribution in [0.3, 0.4) is 0 Å². The van der Waals surface area contributed by atoms with Crippen molar-refractivity contribution in [2.75, 3.05) is 18.0 Å². The van der Waals surface area contributed by atoms with Crippen LogP contribution < -0.4 is 4.90 Å². The molecule has 134 valence electrons. The highest BCUT2D eigenvalue weighted by Gasteiger charge is 2.23. The van der Waals surface area contributed by atoms with Crippen LogP contribution in [0.4, 0.5) is 5.82 Å². The first-order chi connectivity index (χ1) is 11.7. The lowest BCUT2D eigenvalue weighted by Crippen LogP contribution is -2.35. The molecule has 2 fully saturated rings. The number of rotatable bonds is 7. The van der Waals surface area contributed by atoms with E-state index in [0.29, 0.717) is 5.69 Å². The molecule has 0 atom stereocenters. The molecule has 1 aromatic rings. The number of H-pyrrole nitrogens is 1. The van der Waals surface area contributed by atoms with Crippen molar-refractivity contribution < 1.29 is 9.90 Å². The molecule has 0 saturated heterocycles. The van der Waals surface area contributed by atoms with Crippen molar-refractivity contribution in [3.63, 3.8) is 0 Å². The minimum atomic E-state index is -0.809. The van der Waals surface area contributed by atoms with E-state index >= 15 is 0 Å². The van der Waals surface area contributed by atoms with Gasteiger partial charge in [0.25, 0.3) is 0 Å². The summed E-state index contributed by atoms with van der Waals surface area (Å²) in [5, 5.41) is 16.3. The molecule has 0 amide bonds. The van der Waals surface area contributed by atoms with E-state index in [2.05, 4.69) is 15.1 Å². The Kier molecular flexibility index (Phi) is 6.16. The molecule has 0 radical (unpaired) electrons. The molecule has 0 spiro atoms. The summed E-state index contributed by atoms with van der Waals surface area (Å²) in [5.41, 5.74) is 0.704. The van der Waals surface area contributed by atoms with E-state index in [1.807, 2.05) is 6.07 Å². The summed E-state index contributed by atoms with van der Waals surface area (Å²) in [7, 11) is 0. The highest BCUT2D eigenvalue weighted by Crippen LogP contribution is 2.29. The SMILES string of the molecule is O=C(O)Cc1cc(N(CC2CCCCC2)CC2CCCCC2)n[nH]1. The van der Waals surface area contributed by atoms with Gasteiger partial charge in [0.1, 0.15) is 0 Å². The van der Waals surface area contributed by atoms with Gasteiger partial charge in [-0.1, -0.05) is 38.5 Å². The Bertz CT molecular complexity index is 496. The Morgan fingerprint density at radius 3 is 2.08 bits per heavy atom. The van der Waals surface area contributed by atoms with E-state index in [1.54, 1.807) is 0 Å². The molecule has 0 bridgehead atoms. The van der Waals surface area contributed by atoms with Crippen molar-refractivity contribution in [2.45, 2.75) is 70.6 Å². The van der Waals surface area contributed by atoms with Crippen LogP contribution in [0.5, 0.6) is 0 Å². The van der Waals surface area contributed by atoms with Crippen molar-refractivity contribution in [1.82, 2.24) is 10.2 Å². The highest BCUT2D eigenvalue weighted by molar-refractivity contribution is 5.69. The average Bonchev–Trinajstić information content (AvgIpc) is 3.04. The predicted octanol–water partition coefficient (Wildman–Crippen LogP) is 4.00. The number of nitrogens with one attached hydrogen (secondary N) is 1. The molecular weight excluding hydrogens is 302 g/mol. The summed E-state index contributed by atoms with van der Waals surface area (Å²) in [6.07, 6.45) is 13.5. The second-order valence-corrected chi connectivity index (χ2v) is 7.73. The molecule has 0 aromatic carbocycles. The fraction of sp³-hybridized carbons (Fsp3) is 0.789. The maximum Gasteiger partial charge on any atom is 0.309 e. The number of aliphatic carboxylic acids is 1. The quantitative estimate of drug-likeness (QED) is 0.791. The maximum absolute atomic E-state index is 10.9. The van der Waals surface area contributed by atoms with Gasteiger partial charge in [0.05, 0.1) is 6.42 Å². The Hall–Kier alpha value is -1.52. The number of carboxylic acid groups (broad SMARTS) is 1. The third-order valence-electron chi connectivity index (χ3n) is 5.69. The van der Waals surface area contributed by atoms with Crippen LogP contribution in [0, 0.1) is 11.8 Å². The summed E-state index contributed by atoms with van der Waals surface area (Å²) in [6.45, 7) is 2.15. The van der Waals surface area contributed by atoms with Gasteiger partial charge < -0.3 is 10.0 Å². The van der Waals surface area contributed by atoms with Gasteiger partial charge in [-0.05, 0) is 37.5 Å². The van der Waals surface area contributed by atoms with Crippen molar-refractivity contribution in [3.8, 4) is 0 Å². The first kappa shape index (κ1) is 17.3. The lowest BCUT2D eigenvalue weighted by Gasteiger charge is -2.33. The molecule has 5 heteroatoms. The topological polar surface area (TPSA) is 69.2 Å². The van der Waals surface area contributed by atoms with Gasteiger partial charge in [-0.25, -0.2) is 0 Å². The number of carbonyl (C=O) groups is 1. The van der Waals surface area contributed by atoms with E-state index in [-0.39, 0.29) is 6.42 Å². The predicted molar refractivity (Wildman–Crippen MR) is 95.3 cm³/mol. The van der Waals surface area contributed by atoms with Crippen molar-refractivity contribution in [2.24, 2.45) is 11.8 Å². The van der Waals surface area contributed by atoms with E-state index in [0.717, 1.165) is 30.7 Å². The van der Waals surface area contributed by atoms with Crippen molar-refractivity contribution in [3.05, 3.63) is 11.8 Å². The lowest BCUT2D eigenvalue weighted by atomic mass is 9.87. The van der Waals surface area contributed by atoms with E-state index in [4.69, 9.17) is 5.11 Å². The number of hydrogen-bond acceptors (Lipinski definition) is 3. The second-order valence-electron chi connectivity index (χ2n) is 7.73. The molecule has 5 nitrogen and oxygen atoms in total. The molecule has 1 aromatic heterocycles. The number of aromatic amines is 1. The maximum atomic E-state index is 10.9. The van der Waals surface area contributed by atoms with Gasteiger partial charge in [0, 0.05) is 24.8 Å². The van der Waals surface area contributed by atoms with Crippen LogP contribution in [-0.4, -0.2) is 34.4 Å². The molecular formula is C19H31N3O2. The van der Waals surface area contributed by atoms with Gasteiger partial charge in [-0.3, -0.25) is 9.89 Å². The van der Waals surface area contributed by atoms with Crippen molar-refractivity contribution >= 4 is 11.8 Å². The molecule has 24 heavy (non-hydrogen) atoms. The molecule has 2 aliphatic carbocycles. The largest absolute Gasteiger partial charge is 0.481 e. The van der Waals surface area contributed by atoms with Crippen molar-refractivity contribution in [1.29, 1.82) is 0 Å². The molecule has 1 heterocycles. The Morgan fingerprint density at radius 1 is 1.04 bits per heavy atom. The fourth-order valence-corrected chi connectivity index (χ4v) is 4.39. The third-order valence-corrected chi connectivity index (χ3v) is 5.69. The summed E-state index contributed by atoms with van der Waals surface area (Å²) >= 11 is 0. The second kappa shape index (κ2) is 8.54. The first-order valence-corrected chi connectivity index (χ1v) is 9.71. The highest BCUT2D eigenvalue weighted by atomic mass is 16.4. The van der Waals surface area contributed by atoms with Crippen LogP contribution in [0.15, 0.2) is 6.07 Å². The van der Waals surface area contributed by atoms with Gasteiger partial charge in [-0.2, -0.15) is 5.10 Å². The molecule has 0 aliphatic heterocycles. The van der Waals surface area contributed by atoms with Gasteiger partial charge in [-0.15, -0.1) is 0 Å². The van der Waals surface area contributed by atoms with Crippen LogP contribution in [0.2, 0.25) is 0 Å². The van der Waals surface area contributed by atoms with E-state index in [9.17, 15) is 4.79 Å². The van der Waals surface area contributed by atoms with Gasteiger partial charge in [0.15, 0.2) is 5.82 Å². The fourth-order valence-electron chi connectivity index (χ4n) is 4.39. The van der Waals surface area contributed by atoms with Crippen LogP contribution in [0.1, 0.15) is 69.9 Å². The van der Waals surface area contributed by atoms with Crippen LogP contribution in [-0.2, 0) is 11.2 Å². The minimum Gasteiger partial charge on any atom is -0.481 e. The molecule has 2 N–H and O–H groups in total.